The topological polar surface area (TPSA) is 92.8 Å². The van der Waals surface area contributed by atoms with Gasteiger partial charge in [-0.3, -0.25) is 4.72 Å². The van der Waals surface area contributed by atoms with Gasteiger partial charge in [0, 0.05) is 18.8 Å². The molecule has 0 bridgehead atoms. The van der Waals surface area contributed by atoms with Gasteiger partial charge in [0.25, 0.3) is 10.0 Å². The van der Waals surface area contributed by atoms with Crippen LogP contribution in [0.25, 0.3) is 0 Å². The van der Waals surface area contributed by atoms with E-state index in [2.05, 4.69) is 4.72 Å². The molecule has 1 N–H and O–H groups in total. The van der Waals surface area contributed by atoms with Gasteiger partial charge in [0.2, 0.25) is 10.0 Å². The van der Waals surface area contributed by atoms with E-state index in [1.807, 2.05) is 26.8 Å². The van der Waals surface area contributed by atoms with Gasteiger partial charge in [0.15, 0.2) is 0 Å². The van der Waals surface area contributed by atoms with E-state index >= 15 is 0 Å². The normalized spacial score (nSPS) is 14.4. The average molecular weight is 515 g/mol. The lowest BCUT2D eigenvalue weighted by atomic mass is 10.0. The highest BCUT2D eigenvalue weighted by Crippen LogP contribution is 2.29. The second-order valence-electron chi connectivity index (χ2n) is 8.77. The summed E-state index contributed by atoms with van der Waals surface area (Å²) >= 11 is 0. The second-order valence-corrected chi connectivity index (χ2v) is 12.4. The molecule has 0 atom stereocenters. The number of aryl methyl sites for hydroxylation is 2. The number of sulfonamides is 2. The van der Waals surface area contributed by atoms with Crippen molar-refractivity contribution < 1.29 is 21.6 Å². The number of ether oxygens (including phenoxy) is 1. The van der Waals surface area contributed by atoms with Crippen molar-refractivity contribution in [2.45, 2.75) is 49.9 Å². The number of hydrogen-bond donors (Lipinski definition) is 1. The highest BCUT2D eigenvalue weighted by molar-refractivity contribution is 7.92. The van der Waals surface area contributed by atoms with Crippen LogP contribution in [0.2, 0.25) is 0 Å². The molecule has 1 heterocycles. The van der Waals surface area contributed by atoms with Crippen LogP contribution in [-0.2, 0) is 33.0 Å². The Morgan fingerprint density at radius 1 is 0.886 bits per heavy atom. The Kier molecular flexibility index (Phi) is 7.21. The molecule has 186 valence electrons. The van der Waals surface area contributed by atoms with E-state index in [0.29, 0.717) is 31.0 Å². The number of nitrogens with one attached hydrogen (secondary N) is 1. The lowest BCUT2D eigenvalue weighted by Gasteiger charge is -2.28. The molecule has 0 aromatic heterocycles. The minimum Gasteiger partial charge on any atom is -0.493 e. The van der Waals surface area contributed by atoms with Gasteiger partial charge in [-0.1, -0.05) is 30.7 Å². The molecular formula is C26H30N2O5S2. The summed E-state index contributed by atoms with van der Waals surface area (Å²) in [5.41, 5.74) is 3.91. The van der Waals surface area contributed by atoms with E-state index < -0.39 is 20.0 Å². The molecule has 0 amide bonds. The summed E-state index contributed by atoms with van der Waals surface area (Å²) in [4.78, 5) is 0.394. The zero-order valence-corrected chi connectivity index (χ0v) is 21.7. The van der Waals surface area contributed by atoms with Crippen LogP contribution >= 0.6 is 0 Å². The summed E-state index contributed by atoms with van der Waals surface area (Å²) in [5.74, 6) is 0.662. The zero-order chi connectivity index (χ0) is 25.2. The maximum absolute atomic E-state index is 13.1. The van der Waals surface area contributed by atoms with Crippen molar-refractivity contribution in [2.75, 3.05) is 17.9 Å². The molecular weight excluding hydrogens is 484 g/mol. The van der Waals surface area contributed by atoms with Crippen molar-refractivity contribution in [3.8, 4) is 5.75 Å². The predicted octanol–water partition coefficient (Wildman–Crippen LogP) is 4.64. The zero-order valence-electron chi connectivity index (χ0n) is 20.1. The fraction of sp³-hybridized carbons (Fsp3) is 0.308. The van der Waals surface area contributed by atoms with Crippen LogP contribution in [0.5, 0.6) is 5.75 Å². The first kappa shape index (κ1) is 25.2. The quantitative estimate of drug-likeness (QED) is 0.473. The third kappa shape index (κ3) is 5.52. The fourth-order valence-corrected chi connectivity index (χ4v) is 6.59. The van der Waals surface area contributed by atoms with Crippen molar-refractivity contribution in [3.63, 3.8) is 0 Å². The Morgan fingerprint density at radius 3 is 2.29 bits per heavy atom. The Labute approximate surface area is 207 Å². The van der Waals surface area contributed by atoms with Gasteiger partial charge in [-0.15, -0.1) is 0 Å². The molecule has 0 radical (unpaired) electrons. The maximum Gasteiger partial charge on any atom is 0.261 e. The van der Waals surface area contributed by atoms with E-state index in [1.165, 1.54) is 10.4 Å². The van der Waals surface area contributed by atoms with Crippen LogP contribution in [0, 0.1) is 13.8 Å². The molecule has 3 aromatic carbocycles. The highest BCUT2D eigenvalue weighted by atomic mass is 32.2. The van der Waals surface area contributed by atoms with Gasteiger partial charge in [0.05, 0.1) is 16.4 Å². The van der Waals surface area contributed by atoms with E-state index in [-0.39, 0.29) is 16.3 Å². The van der Waals surface area contributed by atoms with Crippen LogP contribution in [0.4, 0.5) is 5.69 Å². The first-order chi connectivity index (χ1) is 16.6. The Balaban J connectivity index is 1.54. The lowest BCUT2D eigenvalue weighted by Crippen LogP contribution is -2.36. The molecule has 0 spiro atoms. The summed E-state index contributed by atoms with van der Waals surface area (Å²) in [6.45, 7) is 6.85. The van der Waals surface area contributed by atoms with Crippen LogP contribution in [0.15, 0.2) is 70.5 Å². The summed E-state index contributed by atoms with van der Waals surface area (Å²) < 4.78 is 62.0. The number of nitrogens with zero attached hydrogens (tertiary/aromatic N) is 1. The van der Waals surface area contributed by atoms with Gasteiger partial charge in [0.1, 0.15) is 5.75 Å². The number of hydrogen-bond acceptors (Lipinski definition) is 5. The highest BCUT2D eigenvalue weighted by Gasteiger charge is 2.28. The first-order valence-electron chi connectivity index (χ1n) is 11.5. The molecule has 35 heavy (non-hydrogen) atoms. The lowest BCUT2D eigenvalue weighted by molar-refractivity contribution is 0.315. The average Bonchev–Trinajstić information content (AvgIpc) is 2.82. The van der Waals surface area contributed by atoms with Gasteiger partial charge < -0.3 is 4.74 Å². The fourth-order valence-electron chi connectivity index (χ4n) is 4.04. The van der Waals surface area contributed by atoms with Crippen LogP contribution < -0.4 is 9.46 Å². The third-order valence-electron chi connectivity index (χ3n) is 6.01. The molecule has 0 aliphatic carbocycles. The van der Waals surface area contributed by atoms with E-state index in [0.717, 1.165) is 28.7 Å². The molecule has 4 rings (SSSR count). The van der Waals surface area contributed by atoms with Gasteiger partial charge in [-0.25, -0.2) is 16.8 Å². The maximum atomic E-state index is 13.1. The Morgan fingerprint density at radius 2 is 1.60 bits per heavy atom. The Bertz CT molecular complexity index is 1430. The monoisotopic (exact) mass is 514 g/mol. The SMILES string of the molecule is CCCOc1ccc(S(=O)(=O)Nc2ccc3c(c2)CN(S(=O)(=O)c2ccc(C)cc2)CC3)cc1C. The summed E-state index contributed by atoms with van der Waals surface area (Å²) in [7, 11) is -7.47. The van der Waals surface area contributed by atoms with Gasteiger partial charge >= 0.3 is 0 Å². The summed E-state index contributed by atoms with van der Waals surface area (Å²) in [6.07, 6.45) is 1.43. The molecule has 9 heteroatoms. The van der Waals surface area contributed by atoms with Crippen molar-refractivity contribution in [1.82, 2.24) is 4.31 Å². The molecule has 7 nitrogen and oxygen atoms in total. The van der Waals surface area contributed by atoms with E-state index in [4.69, 9.17) is 4.74 Å². The number of anilines is 1. The van der Waals surface area contributed by atoms with Crippen LogP contribution in [0.3, 0.4) is 0 Å². The molecule has 0 unspecified atom stereocenters. The van der Waals surface area contributed by atoms with Crippen molar-refractivity contribution >= 4 is 25.7 Å². The van der Waals surface area contributed by atoms with E-state index in [9.17, 15) is 16.8 Å². The van der Waals surface area contributed by atoms with Crippen molar-refractivity contribution in [1.29, 1.82) is 0 Å². The van der Waals surface area contributed by atoms with Crippen molar-refractivity contribution in [3.05, 3.63) is 82.9 Å². The predicted molar refractivity (Wildman–Crippen MR) is 137 cm³/mol. The number of fused-ring (bicyclic) bond motifs is 1. The molecule has 0 saturated carbocycles. The Hall–Kier alpha value is -2.88. The van der Waals surface area contributed by atoms with E-state index in [1.54, 1.807) is 48.5 Å². The first-order valence-corrected chi connectivity index (χ1v) is 14.5. The molecule has 1 aliphatic heterocycles. The molecule has 3 aromatic rings. The summed E-state index contributed by atoms with van der Waals surface area (Å²) in [6, 6.07) is 16.9. The number of benzene rings is 3. The van der Waals surface area contributed by atoms with Crippen LogP contribution in [0.1, 0.15) is 35.6 Å². The minimum atomic E-state index is -3.83. The van der Waals surface area contributed by atoms with Gasteiger partial charge in [-0.05, 0) is 85.8 Å². The summed E-state index contributed by atoms with van der Waals surface area (Å²) in [5, 5.41) is 0. The molecule has 0 saturated heterocycles. The second kappa shape index (κ2) is 10.0. The van der Waals surface area contributed by atoms with Crippen LogP contribution in [-0.4, -0.2) is 34.3 Å². The number of rotatable bonds is 8. The van der Waals surface area contributed by atoms with Crippen molar-refractivity contribution in [2.24, 2.45) is 0 Å². The largest absolute Gasteiger partial charge is 0.493 e. The molecule has 0 fully saturated rings. The molecule has 1 aliphatic rings. The smallest absolute Gasteiger partial charge is 0.261 e. The van der Waals surface area contributed by atoms with Gasteiger partial charge in [-0.2, -0.15) is 4.31 Å². The standard InChI is InChI=1S/C26H30N2O5S2/c1-4-15-33-26-12-11-25(16-20(26)3)34(29,30)27-23-8-7-21-13-14-28(18-22(21)17-23)35(31,32)24-9-5-19(2)6-10-24/h5-12,16-17,27H,4,13-15,18H2,1-3H3. The third-order valence-corrected chi connectivity index (χ3v) is 9.25. The minimum absolute atomic E-state index is 0.139.